The summed E-state index contributed by atoms with van der Waals surface area (Å²) in [6, 6.07) is 14.3. The number of anilines is 2. The van der Waals surface area contributed by atoms with Gasteiger partial charge in [0, 0.05) is 22.3 Å². The first-order valence-electron chi connectivity index (χ1n) is 8.44. The number of hydrogen-bond donors (Lipinski definition) is 2. The van der Waals surface area contributed by atoms with E-state index in [0.29, 0.717) is 17.3 Å². The molecule has 28 heavy (non-hydrogen) atoms. The van der Waals surface area contributed by atoms with Crippen LogP contribution in [0.2, 0.25) is 0 Å². The number of nitro groups is 1. The summed E-state index contributed by atoms with van der Waals surface area (Å²) in [5, 5.41) is 22.0. The van der Waals surface area contributed by atoms with Crippen molar-refractivity contribution in [3.63, 3.8) is 0 Å². The Kier molecular flexibility index (Phi) is 6.05. The Morgan fingerprint density at radius 3 is 2.61 bits per heavy atom. The molecule has 3 rings (SSSR count). The molecule has 0 aliphatic carbocycles. The van der Waals surface area contributed by atoms with Crippen molar-refractivity contribution in [3.8, 4) is 0 Å². The fraction of sp³-hybridized carbons (Fsp3) is 0.158. The molecule has 0 saturated carbocycles. The zero-order valence-electron chi connectivity index (χ0n) is 15.3. The zero-order chi connectivity index (χ0) is 20.3. The molecule has 0 unspecified atom stereocenters. The minimum Gasteiger partial charge on any atom is -0.332 e. The summed E-state index contributed by atoms with van der Waals surface area (Å²) in [6.45, 7) is 4.52. The first kappa shape index (κ1) is 20.0. The second kappa shape index (κ2) is 8.49. The van der Waals surface area contributed by atoms with Gasteiger partial charge in [-0.1, -0.05) is 34.1 Å². The smallest absolute Gasteiger partial charge is 0.271 e. The van der Waals surface area contributed by atoms with E-state index in [1.165, 1.54) is 12.1 Å². The Balaban J connectivity index is 1.72. The number of benzene rings is 2. The van der Waals surface area contributed by atoms with Crippen molar-refractivity contribution < 1.29 is 4.92 Å². The van der Waals surface area contributed by atoms with Gasteiger partial charge < -0.3 is 10.6 Å². The third kappa shape index (κ3) is 4.73. The lowest BCUT2D eigenvalue weighted by Gasteiger charge is -2.11. The maximum atomic E-state index is 10.9. The van der Waals surface area contributed by atoms with E-state index in [1.807, 2.05) is 42.8 Å². The lowest BCUT2D eigenvalue weighted by Crippen LogP contribution is -2.20. The van der Waals surface area contributed by atoms with E-state index < -0.39 is 4.92 Å². The number of hydrogen-bond acceptors (Lipinski definition) is 4. The summed E-state index contributed by atoms with van der Waals surface area (Å²) >= 11 is 8.80. The van der Waals surface area contributed by atoms with Crippen molar-refractivity contribution in [2.24, 2.45) is 0 Å². The van der Waals surface area contributed by atoms with Gasteiger partial charge in [0.2, 0.25) is 0 Å². The second-order valence-electron chi connectivity index (χ2n) is 6.22. The van der Waals surface area contributed by atoms with Crippen molar-refractivity contribution in [2.45, 2.75) is 20.4 Å². The van der Waals surface area contributed by atoms with Gasteiger partial charge in [-0.3, -0.25) is 14.8 Å². The monoisotopic (exact) mass is 459 g/mol. The molecule has 0 spiro atoms. The van der Waals surface area contributed by atoms with Crippen molar-refractivity contribution in [1.29, 1.82) is 0 Å². The molecule has 0 saturated heterocycles. The number of thiocarbonyl (C=S) groups is 1. The molecule has 0 fully saturated rings. The SMILES string of the molecule is Cc1nn(Cc2ccc(Br)cc2)c(C)c1NC(=S)Nc1cccc([N+](=O)[O-])c1. The van der Waals surface area contributed by atoms with Gasteiger partial charge in [0.05, 0.1) is 28.5 Å². The van der Waals surface area contributed by atoms with Crippen molar-refractivity contribution in [1.82, 2.24) is 9.78 Å². The van der Waals surface area contributed by atoms with E-state index in [4.69, 9.17) is 12.2 Å². The summed E-state index contributed by atoms with van der Waals surface area (Å²) in [4.78, 5) is 10.5. The van der Waals surface area contributed by atoms with E-state index in [9.17, 15) is 10.1 Å². The van der Waals surface area contributed by atoms with Gasteiger partial charge >= 0.3 is 0 Å². The highest BCUT2D eigenvalue weighted by Crippen LogP contribution is 2.22. The molecule has 2 aromatic carbocycles. The van der Waals surface area contributed by atoms with Gasteiger partial charge in [-0.25, -0.2) is 0 Å². The van der Waals surface area contributed by atoms with Crippen LogP contribution in [0.4, 0.5) is 17.1 Å². The van der Waals surface area contributed by atoms with Crippen LogP contribution in [0, 0.1) is 24.0 Å². The van der Waals surface area contributed by atoms with Crippen molar-refractivity contribution >= 4 is 50.3 Å². The summed E-state index contributed by atoms with van der Waals surface area (Å²) in [7, 11) is 0. The number of aromatic nitrogens is 2. The Bertz CT molecular complexity index is 1030. The maximum absolute atomic E-state index is 10.9. The molecule has 144 valence electrons. The van der Waals surface area contributed by atoms with Crippen LogP contribution in [-0.4, -0.2) is 19.8 Å². The number of nitrogens with one attached hydrogen (secondary N) is 2. The molecule has 0 aliphatic rings. The fourth-order valence-electron chi connectivity index (χ4n) is 2.77. The molecule has 0 amide bonds. The van der Waals surface area contributed by atoms with Crippen LogP contribution in [0.25, 0.3) is 0 Å². The minimum absolute atomic E-state index is 0.00229. The van der Waals surface area contributed by atoms with Crippen LogP contribution in [0.1, 0.15) is 17.0 Å². The lowest BCUT2D eigenvalue weighted by atomic mass is 10.2. The quantitative estimate of drug-likeness (QED) is 0.316. The first-order chi connectivity index (χ1) is 13.3. The van der Waals surface area contributed by atoms with Gasteiger partial charge in [-0.2, -0.15) is 5.10 Å². The normalized spacial score (nSPS) is 10.5. The highest BCUT2D eigenvalue weighted by Gasteiger charge is 2.14. The standard InChI is InChI=1S/C19H18BrN5O2S/c1-12-18(13(2)24(23-12)11-14-6-8-15(20)9-7-14)22-19(28)21-16-4-3-5-17(10-16)25(26)27/h3-10H,11H2,1-2H3,(H2,21,22,28). The Morgan fingerprint density at radius 2 is 1.93 bits per heavy atom. The Hall–Kier alpha value is -2.78. The van der Waals surface area contributed by atoms with Gasteiger partial charge in [0.25, 0.3) is 5.69 Å². The maximum Gasteiger partial charge on any atom is 0.271 e. The van der Waals surface area contributed by atoms with E-state index in [2.05, 4.69) is 31.7 Å². The van der Waals surface area contributed by atoms with Crippen molar-refractivity contribution in [2.75, 3.05) is 10.6 Å². The molecular weight excluding hydrogens is 442 g/mol. The lowest BCUT2D eigenvalue weighted by molar-refractivity contribution is -0.384. The van der Waals surface area contributed by atoms with Gasteiger partial charge in [0.1, 0.15) is 0 Å². The van der Waals surface area contributed by atoms with Crippen LogP contribution in [0.5, 0.6) is 0 Å². The van der Waals surface area contributed by atoms with E-state index in [0.717, 1.165) is 27.1 Å². The van der Waals surface area contributed by atoms with Crippen LogP contribution < -0.4 is 10.6 Å². The average molecular weight is 460 g/mol. The molecule has 1 aromatic heterocycles. The number of halogens is 1. The molecule has 0 radical (unpaired) electrons. The molecule has 3 aromatic rings. The molecule has 1 heterocycles. The molecular formula is C19H18BrN5O2S. The minimum atomic E-state index is -0.442. The zero-order valence-corrected chi connectivity index (χ0v) is 17.7. The third-order valence-electron chi connectivity index (χ3n) is 4.18. The van der Waals surface area contributed by atoms with Gasteiger partial charge in [-0.05, 0) is 49.8 Å². The summed E-state index contributed by atoms with van der Waals surface area (Å²) in [5.41, 5.74) is 4.27. The summed E-state index contributed by atoms with van der Waals surface area (Å²) in [6.07, 6.45) is 0. The van der Waals surface area contributed by atoms with E-state index in [-0.39, 0.29) is 5.69 Å². The summed E-state index contributed by atoms with van der Waals surface area (Å²) in [5.74, 6) is 0. The van der Waals surface area contributed by atoms with Crippen LogP contribution >= 0.6 is 28.1 Å². The van der Waals surface area contributed by atoms with Crippen molar-refractivity contribution in [3.05, 3.63) is 80.1 Å². The molecule has 7 nitrogen and oxygen atoms in total. The molecule has 0 bridgehead atoms. The largest absolute Gasteiger partial charge is 0.332 e. The highest BCUT2D eigenvalue weighted by atomic mass is 79.9. The number of nitro benzene ring substituents is 1. The number of aryl methyl sites for hydroxylation is 1. The van der Waals surface area contributed by atoms with Crippen LogP contribution in [0.15, 0.2) is 53.0 Å². The predicted molar refractivity (Wildman–Crippen MR) is 118 cm³/mol. The molecule has 0 aliphatic heterocycles. The van der Waals surface area contributed by atoms with E-state index >= 15 is 0 Å². The van der Waals surface area contributed by atoms with Crippen LogP contribution in [-0.2, 0) is 6.54 Å². The molecule has 2 N–H and O–H groups in total. The fourth-order valence-corrected chi connectivity index (χ4v) is 3.25. The average Bonchev–Trinajstić information content (AvgIpc) is 2.91. The topological polar surface area (TPSA) is 85.0 Å². The molecule has 0 atom stereocenters. The second-order valence-corrected chi connectivity index (χ2v) is 7.54. The first-order valence-corrected chi connectivity index (χ1v) is 9.64. The summed E-state index contributed by atoms with van der Waals surface area (Å²) < 4.78 is 2.95. The number of rotatable bonds is 5. The van der Waals surface area contributed by atoms with E-state index in [1.54, 1.807) is 12.1 Å². The number of non-ortho nitro benzene ring substituents is 1. The van der Waals surface area contributed by atoms with Crippen LogP contribution in [0.3, 0.4) is 0 Å². The Labute approximate surface area is 176 Å². The van der Waals surface area contributed by atoms with Gasteiger partial charge in [0.15, 0.2) is 5.11 Å². The predicted octanol–water partition coefficient (Wildman–Crippen LogP) is 5.03. The third-order valence-corrected chi connectivity index (χ3v) is 4.91. The molecule has 9 heteroatoms. The number of nitrogens with zero attached hydrogens (tertiary/aromatic N) is 3. The highest BCUT2D eigenvalue weighted by molar-refractivity contribution is 9.10. The van der Waals surface area contributed by atoms with Gasteiger partial charge in [-0.15, -0.1) is 0 Å². The Morgan fingerprint density at radius 1 is 1.21 bits per heavy atom.